The first-order chi connectivity index (χ1) is 14.6. The van der Waals surface area contributed by atoms with Crippen molar-refractivity contribution in [1.82, 2.24) is 9.55 Å². The van der Waals surface area contributed by atoms with E-state index in [1.54, 1.807) is 29.4 Å². The highest BCUT2D eigenvalue weighted by molar-refractivity contribution is 6.89. The third kappa shape index (κ3) is 5.28. The molecule has 3 aromatic carbocycles. The minimum atomic E-state index is -0.339. The molecule has 0 saturated heterocycles. The summed E-state index contributed by atoms with van der Waals surface area (Å²) in [5, 5.41) is 0.373. The van der Waals surface area contributed by atoms with Crippen molar-refractivity contribution in [2.75, 3.05) is 0 Å². The largest absolute Gasteiger partial charge is 0.305 e. The van der Waals surface area contributed by atoms with Crippen LogP contribution in [0, 0.1) is 5.82 Å². The van der Waals surface area contributed by atoms with Crippen LogP contribution < -0.4 is 10.9 Å². The maximum Gasteiger partial charge on any atom is 0.233 e. The summed E-state index contributed by atoms with van der Waals surface area (Å²) in [6.45, 7) is 6.49. The number of imidazole rings is 1. The highest BCUT2D eigenvalue weighted by Gasteiger charge is 2.17. The van der Waals surface area contributed by atoms with Crippen LogP contribution in [0.15, 0.2) is 104 Å². The van der Waals surface area contributed by atoms with Crippen molar-refractivity contribution in [1.29, 1.82) is 0 Å². The van der Waals surface area contributed by atoms with Gasteiger partial charge in [0.05, 0.1) is 17.0 Å². The molecule has 30 heavy (non-hydrogen) atoms. The molecule has 0 fully saturated rings. The normalized spacial score (nSPS) is 10.1. The summed E-state index contributed by atoms with van der Waals surface area (Å²) in [5.41, 5.74) is 4.81. The Morgan fingerprint density at radius 3 is 2.43 bits per heavy atom. The molecule has 0 amide bonds. The van der Waals surface area contributed by atoms with Crippen LogP contribution >= 0.6 is 11.6 Å². The first-order valence-corrected chi connectivity index (χ1v) is 10.2. The molecule has 1 aromatic heterocycles. The topological polar surface area (TPSA) is 17.8 Å². The Bertz CT molecular complexity index is 1080. The van der Waals surface area contributed by atoms with Crippen molar-refractivity contribution in [2.24, 2.45) is 0 Å². The van der Waals surface area contributed by atoms with Gasteiger partial charge in [-0.05, 0) is 24.6 Å². The molecular formula is C25H23BClFN2. The van der Waals surface area contributed by atoms with E-state index in [0.29, 0.717) is 11.7 Å². The van der Waals surface area contributed by atoms with Gasteiger partial charge in [0.2, 0.25) is 6.71 Å². The van der Waals surface area contributed by atoms with Gasteiger partial charge in [-0.15, -0.1) is 12.6 Å². The zero-order valence-corrected chi connectivity index (χ0v) is 17.6. The number of nitrogens with zero attached hydrogens (tertiary/aromatic N) is 2. The number of benzene rings is 3. The van der Waals surface area contributed by atoms with Crippen molar-refractivity contribution in [3.05, 3.63) is 120 Å². The van der Waals surface area contributed by atoms with E-state index >= 15 is 0 Å². The first kappa shape index (κ1) is 21.6. The molecule has 0 aliphatic rings. The highest BCUT2D eigenvalue weighted by Crippen LogP contribution is 2.20. The fourth-order valence-electron chi connectivity index (χ4n) is 3.35. The molecular weight excluding hydrogens is 394 g/mol. The highest BCUT2D eigenvalue weighted by atomic mass is 35.5. The molecule has 4 rings (SSSR count). The van der Waals surface area contributed by atoms with Crippen molar-refractivity contribution < 1.29 is 4.39 Å². The van der Waals surface area contributed by atoms with Crippen molar-refractivity contribution in [3.63, 3.8) is 0 Å². The molecule has 5 heteroatoms. The zero-order chi connectivity index (χ0) is 21.3. The number of aromatic nitrogens is 2. The van der Waals surface area contributed by atoms with Gasteiger partial charge in [0.25, 0.3) is 0 Å². The Morgan fingerprint density at radius 1 is 1.07 bits per heavy atom. The standard InChI is InChI=1S/C16H17B.C9H6ClFN2/c1-3-14-10-8-9-13-16(14)17(4-2)15-11-6-5-7-12-15;10-8-5-7(11)1-2-9(8)13-4-3-12-6-13/h4-13H,2-3H2,1H3;1-6H. The second-order valence-electron chi connectivity index (χ2n) is 6.74. The minimum Gasteiger partial charge on any atom is -0.305 e. The molecule has 0 aliphatic carbocycles. The Labute approximate surface area is 182 Å². The van der Waals surface area contributed by atoms with Crippen LogP contribution in [-0.4, -0.2) is 16.3 Å². The van der Waals surface area contributed by atoms with Gasteiger partial charge in [0.1, 0.15) is 5.82 Å². The summed E-state index contributed by atoms with van der Waals surface area (Å²) >= 11 is 5.83. The van der Waals surface area contributed by atoms with Crippen LogP contribution in [0.25, 0.3) is 5.69 Å². The predicted octanol–water partition coefficient (Wildman–Crippen LogP) is 5.25. The molecule has 0 unspecified atom stereocenters. The zero-order valence-electron chi connectivity index (χ0n) is 16.9. The molecule has 0 aliphatic heterocycles. The Kier molecular flexibility index (Phi) is 7.64. The van der Waals surface area contributed by atoms with Crippen LogP contribution in [0.3, 0.4) is 0 Å². The summed E-state index contributed by atoms with van der Waals surface area (Å²) < 4.78 is 14.4. The number of aryl methyl sites for hydroxylation is 1. The van der Waals surface area contributed by atoms with Gasteiger partial charge >= 0.3 is 0 Å². The summed E-state index contributed by atoms with van der Waals surface area (Å²) in [6, 6.07) is 23.4. The third-order valence-electron chi connectivity index (χ3n) is 4.86. The van der Waals surface area contributed by atoms with Crippen LogP contribution in [0.2, 0.25) is 5.02 Å². The van der Waals surface area contributed by atoms with Crippen molar-refractivity contribution in [2.45, 2.75) is 13.3 Å². The monoisotopic (exact) mass is 416 g/mol. The van der Waals surface area contributed by atoms with Gasteiger partial charge in [-0.2, -0.15) is 0 Å². The smallest absolute Gasteiger partial charge is 0.233 e. The lowest BCUT2D eigenvalue weighted by Crippen LogP contribution is -2.42. The van der Waals surface area contributed by atoms with Gasteiger partial charge in [0.15, 0.2) is 0 Å². The van der Waals surface area contributed by atoms with Gasteiger partial charge in [-0.3, -0.25) is 0 Å². The van der Waals surface area contributed by atoms with Gasteiger partial charge in [-0.1, -0.05) is 89.6 Å². The average Bonchev–Trinajstić information content (AvgIpc) is 3.30. The van der Waals surface area contributed by atoms with Gasteiger partial charge < -0.3 is 4.57 Å². The summed E-state index contributed by atoms with van der Waals surface area (Å²) in [6.07, 6.45) is 6.06. The van der Waals surface area contributed by atoms with E-state index in [-0.39, 0.29) is 5.82 Å². The third-order valence-corrected chi connectivity index (χ3v) is 5.16. The fourth-order valence-corrected chi connectivity index (χ4v) is 3.62. The van der Waals surface area contributed by atoms with E-state index in [0.717, 1.165) is 12.1 Å². The molecule has 2 nitrogen and oxygen atoms in total. The fraction of sp³-hybridized carbons (Fsp3) is 0.0800. The first-order valence-electron chi connectivity index (χ1n) is 9.82. The molecule has 0 spiro atoms. The SMILES string of the molecule is C=CB(c1ccccc1)c1ccccc1CC.Fc1ccc(-n2ccnc2)c(Cl)c1. The minimum absolute atomic E-state index is 0.298. The summed E-state index contributed by atoms with van der Waals surface area (Å²) in [4.78, 5) is 3.87. The van der Waals surface area contributed by atoms with Gasteiger partial charge in [0, 0.05) is 12.4 Å². The molecule has 150 valence electrons. The Balaban J connectivity index is 0.000000177. The van der Waals surface area contributed by atoms with Crippen LogP contribution in [0.4, 0.5) is 4.39 Å². The maximum atomic E-state index is 12.7. The van der Waals surface area contributed by atoms with Crippen molar-refractivity contribution in [3.8, 4) is 5.69 Å². The van der Waals surface area contributed by atoms with Crippen LogP contribution in [0.1, 0.15) is 12.5 Å². The molecule has 0 N–H and O–H groups in total. The number of rotatable bonds is 5. The second-order valence-corrected chi connectivity index (χ2v) is 7.15. The van der Waals surface area contributed by atoms with E-state index in [9.17, 15) is 4.39 Å². The summed E-state index contributed by atoms with van der Waals surface area (Å²) in [7, 11) is 0. The average molecular weight is 417 g/mol. The Hall–Kier alpha value is -3.11. The lowest BCUT2D eigenvalue weighted by Gasteiger charge is -2.14. The number of hydrogen-bond donors (Lipinski definition) is 0. The summed E-state index contributed by atoms with van der Waals surface area (Å²) in [5.74, 6) is 1.69. The van der Waals surface area contributed by atoms with E-state index in [1.807, 2.05) is 5.98 Å². The predicted molar refractivity (Wildman–Crippen MR) is 126 cm³/mol. The molecule has 0 bridgehead atoms. The molecule has 4 aromatic rings. The quantitative estimate of drug-likeness (QED) is 0.406. The van der Waals surface area contributed by atoms with Crippen molar-refractivity contribution >= 4 is 29.2 Å². The number of halogens is 2. The molecule has 1 heterocycles. The second kappa shape index (κ2) is 10.6. The van der Waals surface area contributed by atoms with E-state index in [1.165, 1.54) is 28.6 Å². The molecule has 0 saturated carbocycles. The lowest BCUT2D eigenvalue weighted by atomic mass is 9.40. The van der Waals surface area contributed by atoms with E-state index in [2.05, 4.69) is 73.1 Å². The Morgan fingerprint density at radius 2 is 1.80 bits per heavy atom. The molecule has 0 radical (unpaired) electrons. The van der Waals surface area contributed by atoms with Crippen LogP contribution in [0.5, 0.6) is 0 Å². The van der Waals surface area contributed by atoms with Crippen LogP contribution in [-0.2, 0) is 6.42 Å². The van der Waals surface area contributed by atoms with Gasteiger partial charge in [-0.25, -0.2) is 9.37 Å². The molecule has 0 atom stereocenters. The van der Waals surface area contributed by atoms with E-state index < -0.39 is 0 Å². The lowest BCUT2D eigenvalue weighted by molar-refractivity contribution is 0.627. The maximum absolute atomic E-state index is 12.7. The number of hydrogen-bond acceptors (Lipinski definition) is 1. The van der Waals surface area contributed by atoms with E-state index in [4.69, 9.17) is 11.6 Å².